The van der Waals surface area contributed by atoms with Gasteiger partial charge >= 0.3 is 0 Å². The topological polar surface area (TPSA) is 83.5 Å². The van der Waals surface area contributed by atoms with E-state index >= 15 is 0 Å². The van der Waals surface area contributed by atoms with Crippen LogP contribution in [0.25, 0.3) is 0 Å². The Labute approximate surface area is 145 Å². The van der Waals surface area contributed by atoms with Crippen molar-refractivity contribution in [3.05, 3.63) is 52.5 Å². The van der Waals surface area contributed by atoms with Crippen LogP contribution in [0.3, 0.4) is 0 Å². The second-order valence-electron chi connectivity index (χ2n) is 5.56. The maximum atomic E-state index is 12.3. The summed E-state index contributed by atoms with van der Waals surface area (Å²) in [6.07, 6.45) is 5.09. The Bertz CT molecular complexity index is 684. The predicted molar refractivity (Wildman–Crippen MR) is 94.8 cm³/mol. The highest BCUT2D eigenvalue weighted by Gasteiger charge is 2.24. The molecule has 0 spiro atoms. The first-order valence-corrected chi connectivity index (χ1v) is 8.49. The first-order chi connectivity index (χ1) is 11.6. The van der Waals surface area contributed by atoms with E-state index in [4.69, 9.17) is 0 Å². The second-order valence-corrected chi connectivity index (χ2v) is 6.59. The van der Waals surface area contributed by atoms with Gasteiger partial charge in [-0.05, 0) is 35.1 Å². The van der Waals surface area contributed by atoms with Crippen LogP contribution in [0.2, 0.25) is 0 Å². The summed E-state index contributed by atoms with van der Waals surface area (Å²) in [7, 11) is 0. The number of hydrogen-bond acceptors (Lipinski definition) is 5. The molecular formula is C17H20N4O2S. The van der Waals surface area contributed by atoms with Gasteiger partial charge in [0.25, 0.3) is 5.91 Å². The van der Waals surface area contributed by atoms with Crippen molar-refractivity contribution >= 4 is 29.4 Å². The molecule has 2 amide bonds. The second kappa shape index (κ2) is 8.93. The highest BCUT2D eigenvalue weighted by molar-refractivity contribution is 7.10. The van der Waals surface area contributed by atoms with E-state index in [-0.39, 0.29) is 24.2 Å². The van der Waals surface area contributed by atoms with Crippen LogP contribution in [0.5, 0.6) is 0 Å². The number of pyridine rings is 1. The van der Waals surface area contributed by atoms with Crippen LogP contribution >= 0.6 is 11.3 Å². The molecule has 2 aromatic heterocycles. The molecule has 2 N–H and O–H groups in total. The van der Waals surface area contributed by atoms with Crippen LogP contribution in [-0.4, -0.2) is 29.1 Å². The zero-order valence-electron chi connectivity index (χ0n) is 13.6. The maximum absolute atomic E-state index is 12.3. The lowest BCUT2D eigenvalue weighted by molar-refractivity contribution is -0.129. The molecular weight excluding hydrogens is 324 g/mol. The van der Waals surface area contributed by atoms with Gasteiger partial charge in [0.2, 0.25) is 5.91 Å². The van der Waals surface area contributed by atoms with E-state index in [0.29, 0.717) is 0 Å². The number of carbonyl (C=O) groups is 2. The Kier molecular flexibility index (Phi) is 6.62. The molecule has 2 aromatic rings. The van der Waals surface area contributed by atoms with Crippen molar-refractivity contribution in [3.8, 4) is 0 Å². The summed E-state index contributed by atoms with van der Waals surface area (Å²) >= 11 is 1.52. The van der Waals surface area contributed by atoms with Gasteiger partial charge in [-0.25, -0.2) is 5.43 Å². The van der Waals surface area contributed by atoms with Gasteiger partial charge in [0.1, 0.15) is 6.04 Å². The standard InChI is InChI=1S/C17H20N4O2S/c1-12(2)16(20-15(22)10-14-4-3-9-24-14)17(23)21-19-11-13-5-7-18-8-6-13/h3-9,11-12,16H,10H2,1-2H3,(H,20,22)(H,21,23)/b19-11+. The van der Waals surface area contributed by atoms with Gasteiger partial charge in [0, 0.05) is 17.3 Å². The van der Waals surface area contributed by atoms with Crippen molar-refractivity contribution in [2.45, 2.75) is 26.3 Å². The Balaban J connectivity index is 1.90. The molecule has 6 nitrogen and oxygen atoms in total. The third-order valence-corrected chi connectivity index (χ3v) is 4.15. The fraction of sp³-hybridized carbons (Fsp3) is 0.294. The third-order valence-electron chi connectivity index (χ3n) is 3.27. The van der Waals surface area contributed by atoms with E-state index in [0.717, 1.165) is 10.4 Å². The van der Waals surface area contributed by atoms with Crippen molar-refractivity contribution in [1.29, 1.82) is 0 Å². The minimum Gasteiger partial charge on any atom is -0.344 e. The van der Waals surface area contributed by atoms with Gasteiger partial charge in [0.15, 0.2) is 0 Å². The molecule has 0 fully saturated rings. The third kappa shape index (κ3) is 5.58. The lowest BCUT2D eigenvalue weighted by Crippen LogP contribution is -2.49. The van der Waals surface area contributed by atoms with Gasteiger partial charge in [-0.15, -0.1) is 11.3 Å². The quantitative estimate of drug-likeness (QED) is 0.595. The number of amides is 2. The zero-order valence-corrected chi connectivity index (χ0v) is 14.4. The number of hydrazone groups is 1. The summed E-state index contributed by atoms with van der Waals surface area (Å²) in [5.41, 5.74) is 3.30. The van der Waals surface area contributed by atoms with Gasteiger partial charge in [0.05, 0.1) is 12.6 Å². The predicted octanol–water partition coefficient (Wildman–Crippen LogP) is 1.98. The Morgan fingerprint density at radius 3 is 2.67 bits per heavy atom. The Morgan fingerprint density at radius 2 is 2.04 bits per heavy atom. The van der Waals surface area contributed by atoms with Crippen LogP contribution < -0.4 is 10.7 Å². The van der Waals surface area contributed by atoms with E-state index in [1.54, 1.807) is 24.5 Å². The van der Waals surface area contributed by atoms with Gasteiger partial charge in [-0.3, -0.25) is 14.6 Å². The van der Waals surface area contributed by atoms with Gasteiger partial charge < -0.3 is 5.32 Å². The van der Waals surface area contributed by atoms with E-state index in [1.165, 1.54) is 17.6 Å². The number of rotatable bonds is 7. The molecule has 1 unspecified atom stereocenters. The fourth-order valence-electron chi connectivity index (χ4n) is 2.02. The smallest absolute Gasteiger partial charge is 0.262 e. The number of carbonyl (C=O) groups excluding carboxylic acids is 2. The number of thiophene rings is 1. The largest absolute Gasteiger partial charge is 0.344 e. The van der Waals surface area contributed by atoms with Crippen molar-refractivity contribution in [2.75, 3.05) is 0 Å². The number of hydrogen-bond donors (Lipinski definition) is 2. The summed E-state index contributed by atoms with van der Waals surface area (Å²) in [6.45, 7) is 3.75. The van der Waals surface area contributed by atoms with Crippen molar-refractivity contribution in [1.82, 2.24) is 15.7 Å². The lowest BCUT2D eigenvalue weighted by Gasteiger charge is -2.20. The lowest BCUT2D eigenvalue weighted by atomic mass is 10.0. The highest BCUT2D eigenvalue weighted by atomic mass is 32.1. The minimum absolute atomic E-state index is 0.0478. The molecule has 0 saturated heterocycles. The van der Waals surface area contributed by atoms with Crippen LogP contribution in [0, 0.1) is 5.92 Å². The monoisotopic (exact) mass is 344 g/mol. The van der Waals surface area contributed by atoms with E-state index in [2.05, 4.69) is 20.8 Å². The van der Waals surface area contributed by atoms with Crippen LogP contribution in [0.1, 0.15) is 24.3 Å². The van der Waals surface area contributed by atoms with Crippen LogP contribution in [0.15, 0.2) is 47.1 Å². The molecule has 2 heterocycles. The molecule has 0 aromatic carbocycles. The average Bonchev–Trinajstić information content (AvgIpc) is 3.06. The van der Waals surface area contributed by atoms with Crippen molar-refractivity contribution in [2.24, 2.45) is 11.0 Å². The van der Waals surface area contributed by atoms with Crippen LogP contribution in [0.4, 0.5) is 0 Å². The summed E-state index contributed by atoms with van der Waals surface area (Å²) in [4.78, 5) is 29.2. The SMILES string of the molecule is CC(C)C(NC(=O)Cc1cccs1)C(=O)N/N=C/c1ccncc1. The highest BCUT2D eigenvalue weighted by Crippen LogP contribution is 2.10. The summed E-state index contributed by atoms with van der Waals surface area (Å²) in [5, 5.41) is 8.62. The molecule has 0 radical (unpaired) electrons. The Morgan fingerprint density at radius 1 is 1.29 bits per heavy atom. The summed E-state index contributed by atoms with van der Waals surface area (Å²) in [6, 6.07) is 6.71. The molecule has 0 aliphatic rings. The van der Waals surface area contributed by atoms with Crippen molar-refractivity contribution in [3.63, 3.8) is 0 Å². The molecule has 1 atom stereocenters. The maximum Gasteiger partial charge on any atom is 0.262 e. The van der Waals surface area contributed by atoms with Gasteiger partial charge in [-0.2, -0.15) is 5.10 Å². The average molecular weight is 344 g/mol. The van der Waals surface area contributed by atoms with E-state index in [1.807, 2.05) is 31.4 Å². The molecule has 7 heteroatoms. The molecule has 0 bridgehead atoms. The molecule has 126 valence electrons. The van der Waals surface area contributed by atoms with E-state index < -0.39 is 6.04 Å². The molecule has 24 heavy (non-hydrogen) atoms. The first-order valence-electron chi connectivity index (χ1n) is 7.61. The number of nitrogens with zero attached hydrogens (tertiary/aromatic N) is 2. The van der Waals surface area contributed by atoms with Crippen LogP contribution in [-0.2, 0) is 16.0 Å². The summed E-state index contributed by atoms with van der Waals surface area (Å²) < 4.78 is 0. The summed E-state index contributed by atoms with van der Waals surface area (Å²) in [5.74, 6) is -0.562. The number of nitrogens with one attached hydrogen (secondary N) is 2. The molecule has 2 rings (SSSR count). The molecule has 0 aliphatic heterocycles. The molecule has 0 saturated carbocycles. The van der Waals surface area contributed by atoms with Gasteiger partial charge in [-0.1, -0.05) is 19.9 Å². The number of aromatic nitrogens is 1. The fourth-order valence-corrected chi connectivity index (χ4v) is 2.72. The normalized spacial score (nSPS) is 12.3. The first kappa shape index (κ1) is 17.8. The zero-order chi connectivity index (χ0) is 17.4. The van der Waals surface area contributed by atoms with E-state index in [9.17, 15) is 9.59 Å². The Hall–Kier alpha value is -2.54. The minimum atomic E-state index is -0.632. The molecule has 0 aliphatic carbocycles. The van der Waals surface area contributed by atoms with Crippen molar-refractivity contribution < 1.29 is 9.59 Å².